The molecule has 442 valence electrons. The molecule has 77 heavy (non-hydrogen) atoms. The van der Waals surface area contributed by atoms with E-state index in [-0.39, 0.29) is 19.4 Å². The average Bonchev–Trinajstić information content (AvgIpc) is 3.43. The summed E-state index contributed by atoms with van der Waals surface area (Å²) < 4.78 is 17.6. The number of unbranched alkanes of at least 4 members (excludes halogenated alkanes) is 23. The Balaban J connectivity index is 2.74. The molecule has 0 spiro atoms. The van der Waals surface area contributed by atoms with Gasteiger partial charge >= 0.3 is 5.97 Å². The van der Waals surface area contributed by atoms with Crippen molar-refractivity contribution in [2.45, 2.75) is 294 Å². The maximum absolute atomic E-state index is 13.4. The number of rotatable bonds is 51. The Kier molecular flexibility index (Phi) is 49.5. The molecule has 0 aromatic rings. The van der Waals surface area contributed by atoms with Gasteiger partial charge in [0, 0.05) is 6.42 Å². The zero-order valence-corrected chi connectivity index (χ0v) is 48.8. The van der Waals surface area contributed by atoms with Crippen molar-refractivity contribution in [1.29, 1.82) is 0 Å². The number of allylic oxidation sites excluding steroid dienone is 15. The van der Waals surface area contributed by atoms with Crippen molar-refractivity contribution in [3.63, 3.8) is 0 Å². The molecule has 0 aliphatic carbocycles. The monoisotopic (exact) mass is 1080 g/mol. The van der Waals surface area contributed by atoms with Gasteiger partial charge in [-0.3, -0.25) is 9.59 Å². The first kappa shape index (κ1) is 71.6. The minimum Gasteiger partial charge on any atom is -0.454 e. The van der Waals surface area contributed by atoms with E-state index in [2.05, 4.69) is 111 Å². The van der Waals surface area contributed by atoms with E-state index in [1.54, 1.807) is 6.08 Å². The fourth-order valence-electron chi connectivity index (χ4n) is 9.06. The van der Waals surface area contributed by atoms with Gasteiger partial charge in [0.05, 0.1) is 25.4 Å². The van der Waals surface area contributed by atoms with Crippen LogP contribution in [0.1, 0.15) is 245 Å². The van der Waals surface area contributed by atoms with Crippen molar-refractivity contribution in [1.82, 2.24) is 5.32 Å². The second-order valence-electron chi connectivity index (χ2n) is 21.0. The Morgan fingerprint density at radius 3 is 1.43 bits per heavy atom. The molecule has 0 aromatic carbocycles. The third-order valence-electron chi connectivity index (χ3n) is 14.0. The van der Waals surface area contributed by atoms with Gasteiger partial charge in [-0.2, -0.15) is 0 Å². The van der Waals surface area contributed by atoms with Gasteiger partial charge in [-0.1, -0.05) is 234 Å². The van der Waals surface area contributed by atoms with Gasteiger partial charge in [-0.15, -0.1) is 0 Å². The highest BCUT2D eigenvalue weighted by Gasteiger charge is 2.47. The van der Waals surface area contributed by atoms with Crippen LogP contribution in [0.3, 0.4) is 0 Å². The SMILES string of the molecule is CC/C=C\C/C=C\C/C=C\C/C=C\C/C=C\CCCCC(O)C(=O)NC(COC1OC(CO)C(O)C(O)C1OC(=O)CCCCCCCCC/C=C\C/C=C\CCCCC)C(O)/C=C/CCCCCCCCCCCCC. The molecule has 8 atom stereocenters. The van der Waals surface area contributed by atoms with Gasteiger partial charge < -0.3 is 45.1 Å². The summed E-state index contributed by atoms with van der Waals surface area (Å²) in [5.74, 6) is -1.24. The summed E-state index contributed by atoms with van der Waals surface area (Å²) in [6.07, 6.45) is 60.1. The molecular formula is C66H113NO10. The van der Waals surface area contributed by atoms with E-state index in [1.165, 1.54) is 89.9 Å². The lowest BCUT2D eigenvalue weighted by atomic mass is 9.99. The van der Waals surface area contributed by atoms with Crippen LogP contribution in [-0.2, 0) is 23.8 Å². The van der Waals surface area contributed by atoms with Crippen LogP contribution in [0.2, 0.25) is 0 Å². The Morgan fingerprint density at radius 2 is 0.935 bits per heavy atom. The Hall–Kier alpha value is -3.42. The number of esters is 1. The fraction of sp³-hybridized carbons (Fsp3) is 0.727. The van der Waals surface area contributed by atoms with E-state index in [0.29, 0.717) is 12.8 Å². The number of aliphatic hydroxyl groups excluding tert-OH is 5. The molecule has 1 aliphatic rings. The molecule has 1 saturated heterocycles. The minimum absolute atomic E-state index is 0.106. The smallest absolute Gasteiger partial charge is 0.306 e. The standard InChI is InChI=1S/C66H113NO10/c1-4-7-10-13-16-19-22-25-27-29-31-32-35-38-41-44-47-50-53-59(70)65(74)67-57(58(69)52-49-46-43-40-37-34-24-21-18-15-12-9-6-3)56-75-66-64(63(73)62(72)60(55-68)76-66)77-61(71)54-51-48-45-42-39-36-33-30-28-26-23-20-17-14-11-8-5-2/h7,10,16-17,19-20,25-28,31-32,38,41,49,52,57-60,62-64,66,68-70,72-73H,4-6,8-9,11-15,18,21-24,29-30,33-37,39-40,42-48,50-51,53-56H2,1-3H3,(H,67,74)/b10-7-,19-16-,20-17-,27-25-,28-26-,32-31-,41-38-,52-49+. The molecule has 1 amide bonds. The Labute approximate surface area is 469 Å². The summed E-state index contributed by atoms with van der Waals surface area (Å²) in [7, 11) is 0. The molecule has 1 heterocycles. The molecule has 11 nitrogen and oxygen atoms in total. The summed E-state index contributed by atoms with van der Waals surface area (Å²) in [6, 6.07) is -1.05. The molecule has 8 unspecified atom stereocenters. The van der Waals surface area contributed by atoms with E-state index in [9.17, 15) is 35.1 Å². The molecule has 6 N–H and O–H groups in total. The summed E-state index contributed by atoms with van der Waals surface area (Å²) in [5.41, 5.74) is 0. The lowest BCUT2D eigenvalue weighted by molar-refractivity contribution is -0.305. The van der Waals surface area contributed by atoms with Crippen LogP contribution in [-0.4, -0.2) is 99.6 Å². The number of hydrogen-bond donors (Lipinski definition) is 6. The van der Waals surface area contributed by atoms with Crippen LogP contribution >= 0.6 is 0 Å². The van der Waals surface area contributed by atoms with Crippen LogP contribution in [0.4, 0.5) is 0 Å². The second kappa shape index (κ2) is 53.2. The van der Waals surface area contributed by atoms with E-state index < -0.39 is 67.4 Å². The molecule has 1 fully saturated rings. The van der Waals surface area contributed by atoms with Crippen LogP contribution in [0, 0.1) is 0 Å². The number of hydrogen-bond acceptors (Lipinski definition) is 10. The van der Waals surface area contributed by atoms with Crippen LogP contribution in [0.25, 0.3) is 0 Å². The molecule has 11 heteroatoms. The number of carbonyl (C=O) groups is 2. The zero-order valence-electron chi connectivity index (χ0n) is 48.8. The van der Waals surface area contributed by atoms with Gasteiger partial charge in [0.25, 0.3) is 0 Å². The minimum atomic E-state index is -1.63. The first-order chi connectivity index (χ1) is 37.7. The maximum atomic E-state index is 13.4. The van der Waals surface area contributed by atoms with Crippen molar-refractivity contribution in [2.75, 3.05) is 13.2 Å². The normalized spacial score (nSPS) is 19.7. The third kappa shape index (κ3) is 41.3. The lowest BCUT2D eigenvalue weighted by Crippen LogP contribution is -2.61. The number of carbonyl (C=O) groups excluding carboxylic acids is 2. The summed E-state index contributed by atoms with van der Waals surface area (Å²) in [5, 5.41) is 57.0. The molecule has 1 aliphatic heterocycles. The fourth-order valence-corrected chi connectivity index (χ4v) is 9.06. The van der Waals surface area contributed by atoms with Crippen LogP contribution in [0.5, 0.6) is 0 Å². The predicted octanol–water partition coefficient (Wildman–Crippen LogP) is 14.7. The molecular weight excluding hydrogens is 967 g/mol. The molecule has 0 bridgehead atoms. The maximum Gasteiger partial charge on any atom is 0.306 e. The summed E-state index contributed by atoms with van der Waals surface area (Å²) >= 11 is 0. The van der Waals surface area contributed by atoms with Crippen molar-refractivity contribution in [3.05, 3.63) is 97.2 Å². The van der Waals surface area contributed by atoms with Crippen molar-refractivity contribution in [2.24, 2.45) is 0 Å². The van der Waals surface area contributed by atoms with Gasteiger partial charge in [0.2, 0.25) is 5.91 Å². The number of ether oxygens (including phenoxy) is 3. The molecule has 0 saturated carbocycles. The first-order valence-corrected chi connectivity index (χ1v) is 31.0. The average molecular weight is 1080 g/mol. The summed E-state index contributed by atoms with van der Waals surface area (Å²) in [4.78, 5) is 26.5. The van der Waals surface area contributed by atoms with Gasteiger partial charge in [0.15, 0.2) is 12.4 Å². The van der Waals surface area contributed by atoms with Crippen molar-refractivity contribution < 1.29 is 49.3 Å². The highest BCUT2D eigenvalue weighted by Crippen LogP contribution is 2.26. The summed E-state index contributed by atoms with van der Waals surface area (Å²) in [6.45, 7) is 5.62. The van der Waals surface area contributed by atoms with Gasteiger partial charge in [-0.05, 0) is 103 Å². The van der Waals surface area contributed by atoms with Crippen molar-refractivity contribution in [3.8, 4) is 0 Å². The molecule has 1 rings (SSSR count). The quantitative estimate of drug-likeness (QED) is 0.0195. The van der Waals surface area contributed by atoms with Crippen molar-refractivity contribution >= 4 is 11.9 Å². The number of aliphatic hydroxyl groups is 5. The van der Waals surface area contributed by atoms with Crippen LogP contribution < -0.4 is 5.32 Å². The molecule has 0 radical (unpaired) electrons. The first-order valence-electron chi connectivity index (χ1n) is 31.0. The Bertz CT molecular complexity index is 1620. The van der Waals surface area contributed by atoms with Crippen LogP contribution in [0.15, 0.2) is 97.2 Å². The lowest BCUT2D eigenvalue weighted by Gasteiger charge is -2.41. The number of amides is 1. The number of nitrogens with one attached hydrogen (secondary N) is 1. The van der Waals surface area contributed by atoms with Gasteiger partial charge in [-0.25, -0.2) is 0 Å². The van der Waals surface area contributed by atoms with Gasteiger partial charge in [0.1, 0.15) is 24.4 Å². The van der Waals surface area contributed by atoms with E-state index in [0.717, 1.165) is 109 Å². The topological polar surface area (TPSA) is 175 Å². The van der Waals surface area contributed by atoms with E-state index in [1.807, 2.05) is 6.08 Å². The predicted molar refractivity (Wildman–Crippen MR) is 319 cm³/mol. The Morgan fingerprint density at radius 1 is 0.519 bits per heavy atom. The highest BCUT2D eigenvalue weighted by atomic mass is 16.7. The largest absolute Gasteiger partial charge is 0.454 e. The van der Waals surface area contributed by atoms with E-state index >= 15 is 0 Å². The second-order valence-corrected chi connectivity index (χ2v) is 21.0. The third-order valence-corrected chi connectivity index (χ3v) is 14.0. The highest BCUT2D eigenvalue weighted by molar-refractivity contribution is 5.80. The molecule has 0 aromatic heterocycles. The van der Waals surface area contributed by atoms with E-state index in [4.69, 9.17) is 14.2 Å². The zero-order chi connectivity index (χ0) is 56.1.